The van der Waals surface area contributed by atoms with E-state index in [0.29, 0.717) is 5.92 Å². The number of hydrogen-bond acceptors (Lipinski definition) is 5. The van der Waals surface area contributed by atoms with Gasteiger partial charge in [0.25, 0.3) is 0 Å². The van der Waals surface area contributed by atoms with Crippen LogP contribution in [0.3, 0.4) is 0 Å². The fourth-order valence-electron chi connectivity index (χ4n) is 3.65. The molecule has 1 N–H and O–H groups in total. The Labute approximate surface area is 138 Å². The number of likely N-dealkylation sites (N-methyl/N-ethyl adjacent to an activating group) is 1. The molecule has 1 spiro atoms. The second kappa shape index (κ2) is 6.61. The number of hydrogen-bond donors (Lipinski definition) is 1. The number of rotatable bonds is 3. The van der Waals surface area contributed by atoms with Crippen molar-refractivity contribution in [3.63, 3.8) is 0 Å². The Hall–Kier alpha value is -1.40. The van der Waals surface area contributed by atoms with Gasteiger partial charge < -0.3 is 9.73 Å². The fraction of sp³-hybridized carbons (Fsp3) is 0.765. The van der Waals surface area contributed by atoms with E-state index in [1.165, 1.54) is 0 Å². The van der Waals surface area contributed by atoms with Crippen molar-refractivity contribution < 1.29 is 9.21 Å². The molecule has 6 nitrogen and oxygen atoms in total. The zero-order valence-electron chi connectivity index (χ0n) is 14.5. The summed E-state index contributed by atoms with van der Waals surface area (Å²) in [6.07, 6.45) is 4.56. The van der Waals surface area contributed by atoms with Crippen molar-refractivity contribution in [3.8, 4) is 0 Å². The van der Waals surface area contributed by atoms with Gasteiger partial charge in [0.2, 0.25) is 5.91 Å². The third-order valence-electron chi connectivity index (χ3n) is 5.24. The molecule has 23 heavy (non-hydrogen) atoms. The van der Waals surface area contributed by atoms with Gasteiger partial charge in [-0.1, -0.05) is 13.8 Å². The number of nitrogens with one attached hydrogen (secondary N) is 1. The van der Waals surface area contributed by atoms with E-state index in [2.05, 4.69) is 41.0 Å². The van der Waals surface area contributed by atoms with Gasteiger partial charge in [-0.2, -0.15) is 0 Å². The highest BCUT2D eigenvalue weighted by molar-refractivity contribution is 5.86. The molecule has 1 aromatic rings. The average Bonchev–Trinajstić information content (AvgIpc) is 2.96. The number of likely N-dealkylation sites (tertiary alicyclic amines) is 1. The molecule has 0 radical (unpaired) electrons. The molecule has 0 aromatic carbocycles. The Morgan fingerprint density at radius 3 is 2.74 bits per heavy atom. The minimum atomic E-state index is -0.320. The first-order valence-electron chi connectivity index (χ1n) is 8.67. The van der Waals surface area contributed by atoms with Crippen molar-refractivity contribution >= 4 is 5.91 Å². The van der Waals surface area contributed by atoms with Gasteiger partial charge in [-0.3, -0.25) is 14.6 Å². The molecule has 6 heteroatoms. The quantitative estimate of drug-likeness (QED) is 0.916. The van der Waals surface area contributed by atoms with Crippen molar-refractivity contribution in [2.24, 2.45) is 0 Å². The molecule has 128 valence electrons. The van der Waals surface area contributed by atoms with Crippen molar-refractivity contribution in [1.29, 1.82) is 0 Å². The normalized spacial score (nSPS) is 23.2. The van der Waals surface area contributed by atoms with Gasteiger partial charge in [0.1, 0.15) is 11.8 Å². The number of amides is 1. The monoisotopic (exact) mass is 320 g/mol. The molecule has 3 heterocycles. The van der Waals surface area contributed by atoms with Crippen molar-refractivity contribution in [3.05, 3.63) is 17.8 Å². The second-order valence-corrected chi connectivity index (χ2v) is 7.17. The Morgan fingerprint density at radius 1 is 1.35 bits per heavy atom. The first-order valence-corrected chi connectivity index (χ1v) is 8.67. The van der Waals surface area contributed by atoms with Gasteiger partial charge >= 0.3 is 0 Å². The molecule has 1 amide bonds. The summed E-state index contributed by atoms with van der Waals surface area (Å²) in [6, 6.07) is 0. The lowest BCUT2D eigenvalue weighted by molar-refractivity contribution is -0.134. The number of aromatic nitrogens is 1. The highest BCUT2D eigenvalue weighted by Gasteiger charge is 2.45. The van der Waals surface area contributed by atoms with Crippen molar-refractivity contribution in [2.75, 3.05) is 33.2 Å². The van der Waals surface area contributed by atoms with Gasteiger partial charge in [0.05, 0.1) is 5.69 Å². The van der Waals surface area contributed by atoms with Gasteiger partial charge in [-0.05, 0) is 26.3 Å². The summed E-state index contributed by atoms with van der Waals surface area (Å²) >= 11 is 0. The van der Waals surface area contributed by atoms with Crippen LogP contribution in [0.15, 0.2) is 10.7 Å². The fourth-order valence-corrected chi connectivity index (χ4v) is 3.65. The first kappa shape index (κ1) is 16.5. The number of nitrogens with zero attached hydrogens (tertiary/aromatic N) is 3. The van der Waals surface area contributed by atoms with E-state index in [4.69, 9.17) is 4.42 Å². The molecule has 2 aliphatic heterocycles. The molecular weight excluding hydrogens is 292 g/mol. The van der Waals surface area contributed by atoms with E-state index < -0.39 is 0 Å². The SMILES string of the molecule is CC(C)c1nc(CN2CCC3(CC2)C(=O)NCCCN3C)co1. The highest BCUT2D eigenvalue weighted by Crippen LogP contribution is 2.30. The van der Waals surface area contributed by atoms with Gasteiger partial charge in [0, 0.05) is 38.6 Å². The standard InChI is InChI=1S/C17H28N4O2/c1-13(2)15-19-14(12-23-15)11-21-9-5-17(6-10-21)16(22)18-7-4-8-20(17)3/h12-13H,4-11H2,1-3H3,(H,18,22). The first-order chi connectivity index (χ1) is 11.0. The maximum absolute atomic E-state index is 12.5. The van der Waals surface area contributed by atoms with Crippen LogP contribution in [-0.4, -0.2) is 59.5 Å². The van der Waals surface area contributed by atoms with Crippen LogP contribution >= 0.6 is 0 Å². The number of piperidine rings is 1. The van der Waals surface area contributed by atoms with E-state index in [-0.39, 0.29) is 11.4 Å². The van der Waals surface area contributed by atoms with E-state index in [0.717, 1.165) is 63.6 Å². The summed E-state index contributed by atoms with van der Waals surface area (Å²) in [4.78, 5) is 21.7. The van der Waals surface area contributed by atoms with Gasteiger partial charge in [0.15, 0.2) is 5.89 Å². The third kappa shape index (κ3) is 3.28. The van der Waals surface area contributed by atoms with Crippen LogP contribution in [-0.2, 0) is 11.3 Å². The Balaban J connectivity index is 1.62. The lowest BCUT2D eigenvalue weighted by Gasteiger charge is -2.44. The topological polar surface area (TPSA) is 61.6 Å². The van der Waals surface area contributed by atoms with Crippen LogP contribution in [0, 0.1) is 0 Å². The molecule has 2 saturated heterocycles. The Morgan fingerprint density at radius 2 is 2.09 bits per heavy atom. The summed E-state index contributed by atoms with van der Waals surface area (Å²) in [6.45, 7) is 8.59. The molecule has 0 atom stereocenters. The van der Waals surface area contributed by atoms with E-state index in [1.807, 2.05) is 0 Å². The highest BCUT2D eigenvalue weighted by atomic mass is 16.3. The second-order valence-electron chi connectivity index (χ2n) is 7.17. The summed E-state index contributed by atoms with van der Waals surface area (Å²) in [5.41, 5.74) is 0.670. The molecule has 0 unspecified atom stereocenters. The van der Waals surface area contributed by atoms with Crippen LogP contribution in [0.4, 0.5) is 0 Å². The number of oxazole rings is 1. The Kier molecular flexibility index (Phi) is 4.73. The van der Waals surface area contributed by atoms with Crippen molar-refractivity contribution in [2.45, 2.75) is 51.1 Å². The van der Waals surface area contributed by atoms with Crippen LogP contribution < -0.4 is 5.32 Å². The number of carbonyl (C=O) groups excluding carboxylic acids is 1. The van der Waals surface area contributed by atoms with Crippen LogP contribution in [0.1, 0.15) is 50.6 Å². The summed E-state index contributed by atoms with van der Waals surface area (Å²) in [5.74, 6) is 1.33. The predicted molar refractivity (Wildman–Crippen MR) is 88.1 cm³/mol. The molecular formula is C17H28N4O2. The minimum absolute atomic E-state index is 0.209. The number of carbonyl (C=O) groups is 1. The average molecular weight is 320 g/mol. The zero-order chi connectivity index (χ0) is 16.4. The smallest absolute Gasteiger partial charge is 0.240 e. The summed E-state index contributed by atoms with van der Waals surface area (Å²) < 4.78 is 5.52. The molecule has 0 saturated carbocycles. The maximum Gasteiger partial charge on any atom is 0.240 e. The minimum Gasteiger partial charge on any atom is -0.448 e. The van der Waals surface area contributed by atoms with Crippen LogP contribution in [0.2, 0.25) is 0 Å². The molecule has 2 aliphatic rings. The van der Waals surface area contributed by atoms with E-state index in [1.54, 1.807) is 6.26 Å². The molecule has 2 fully saturated rings. The zero-order valence-corrected chi connectivity index (χ0v) is 14.5. The van der Waals surface area contributed by atoms with E-state index in [9.17, 15) is 4.79 Å². The van der Waals surface area contributed by atoms with Crippen molar-refractivity contribution in [1.82, 2.24) is 20.1 Å². The van der Waals surface area contributed by atoms with Gasteiger partial charge in [-0.15, -0.1) is 0 Å². The van der Waals surface area contributed by atoms with Crippen LogP contribution in [0.25, 0.3) is 0 Å². The lowest BCUT2D eigenvalue weighted by atomic mass is 9.85. The van der Waals surface area contributed by atoms with Crippen LogP contribution in [0.5, 0.6) is 0 Å². The Bertz CT molecular complexity index is 547. The maximum atomic E-state index is 12.5. The third-order valence-corrected chi connectivity index (χ3v) is 5.24. The molecule has 0 bridgehead atoms. The molecule has 1 aromatic heterocycles. The summed E-state index contributed by atoms with van der Waals surface area (Å²) in [7, 11) is 2.09. The predicted octanol–water partition coefficient (Wildman–Crippen LogP) is 1.58. The van der Waals surface area contributed by atoms with Gasteiger partial charge in [-0.25, -0.2) is 4.98 Å². The summed E-state index contributed by atoms with van der Waals surface area (Å²) in [5, 5.41) is 3.09. The largest absolute Gasteiger partial charge is 0.448 e. The van der Waals surface area contributed by atoms with E-state index >= 15 is 0 Å². The lowest BCUT2D eigenvalue weighted by Crippen LogP contribution is -2.60. The molecule has 0 aliphatic carbocycles. The molecule has 3 rings (SSSR count).